The molecule has 27 heavy (non-hydrogen) atoms. The number of aliphatic imine (C=N–C) groups is 1. The summed E-state index contributed by atoms with van der Waals surface area (Å²) in [5, 5.41) is 3.07. The van der Waals surface area contributed by atoms with Crippen molar-refractivity contribution in [2.45, 2.75) is 38.6 Å². The third kappa shape index (κ3) is 6.69. The van der Waals surface area contributed by atoms with Crippen LogP contribution in [0.15, 0.2) is 58.4 Å². The van der Waals surface area contributed by atoms with Gasteiger partial charge in [-0.2, -0.15) is 0 Å². The van der Waals surface area contributed by atoms with Crippen molar-refractivity contribution in [1.82, 2.24) is 4.72 Å². The Bertz CT molecular complexity index is 875. The molecule has 0 saturated heterocycles. The van der Waals surface area contributed by atoms with Gasteiger partial charge in [-0.1, -0.05) is 45.0 Å². The summed E-state index contributed by atoms with van der Waals surface area (Å²) in [5.74, 6) is 0.570. The van der Waals surface area contributed by atoms with Crippen molar-refractivity contribution < 1.29 is 8.42 Å². The van der Waals surface area contributed by atoms with Gasteiger partial charge in [-0.25, -0.2) is 18.1 Å². The highest BCUT2D eigenvalue weighted by Crippen LogP contribution is 2.13. The van der Waals surface area contributed by atoms with Gasteiger partial charge in [0.15, 0.2) is 5.96 Å². The van der Waals surface area contributed by atoms with Crippen LogP contribution in [0.5, 0.6) is 0 Å². The molecular weight excluding hydrogens is 360 g/mol. The fraction of sp³-hybridized carbons (Fsp3) is 0.350. The zero-order valence-corrected chi connectivity index (χ0v) is 16.9. The number of anilines is 1. The van der Waals surface area contributed by atoms with Crippen LogP contribution in [0, 0.1) is 5.92 Å². The van der Waals surface area contributed by atoms with Crippen LogP contribution in [0.1, 0.15) is 31.9 Å². The van der Waals surface area contributed by atoms with Crippen LogP contribution in [0.4, 0.5) is 5.69 Å². The van der Waals surface area contributed by atoms with Crippen LogP contribution < -0.4 is 15.8 Å². The van der Waals surface area contributed by atoms with E-state index in [4.69, 9.17) is 5.73 Å². The average Bonchev–Trinajstić information content (AvgIpc) is 2.65. The van der Waals surface area contributed by atoms with Crippen molar-refractivity contribution in [2.24, 2.45) is 16.6 Å². The van der Waals surface area contributed by atoms with Gasteiger partial charge in [0, 0.05) is 12.2 Å². The third-order valence-corrected chi connectivity index (χ3v) is 5.39. The molecule has 0 fully saturated rings. The third-order valence-electron chi connectivity index (χ3n) is 3.95. The number of rotatable bonds is 8. The van der Waals surface area contributed by atoms with Gasteiger partial charge in [0.1, 0.15) is 0 Å². The molecule has 0 atom stereocenters. The summed E-state index contributed by atoms with van der Waals surface area (Å²) >= 11 is 0. The lowest BCUT2D eigenvalue weighted by Crippen LogP contribution is -2.27. The quantitative estimate of drug-likeness (QED) is 0.478. The second kappa shape index (κ2) is 9.53. The number of nitrogens with zero attached hydrogens (tertiary/aromatic N) is 1. The first kappa shape index (κ1) is 20.9. The SMILES string of the molecule is CCc1cccc(NC(N)=NCc2ccc(S(=O)(=O)NCC(C)C)cc2)c1. The molecule has 2 rings (SSSR count). The molecule has 6 nitrogen and oxygen atoms in total. The van der Waals surface area contributed by atoms with Crippen molar-refractivity contribution in [3.8, 4) is 0 Å². The molecule has 0 aliphatic carbocycles. The van der Waals surface area contributed by atoms with Crippen LogP contribution in [0.25, 0.3) is 0 Å². The highest BCUT2D eigenvalue weighted by molar-refractivity contribution is 7.89. The molecule has 0 radical (unpaired) electrons. The summed E-state index contributed by atoms with van der Waals surface area (Å²) in [7, 11) is -3.47. The molecule has 2 aromatic carbocycles. The zero-order chi connectivity index (χ0) is 19.9. The molecule has 0 aliphatic rings. The van der Waals surface area contributed by atoms with Gasteiger partial charge in [0.25, 0.3) is 0 Å². The molecule has 4 N–H and O–H groups in total. The number of guanidine groups is 1. The Hall–Kier alpha value is -2.38. The highest BCUT2D eigenvalue weighted by Gasteiger charge is 2.13. The zero-order valence-electron chi connectivity index (χ0n) is 16.1. The van der Waals surface area contributed by atoms with E-state index in [1.165, 1.54) is 5.56 Å². The fourth-order valence-corrected chi connectivity index (χ4v) is 3.58. The van der Waals surface area contributed by atoms with E-state index in [9.17, 15) is 8.42 Å². The predicted octanol–water partition coefficient (Wildman–Crippen LogP) is 3.11. The van der Waals surface area contributed by atoms with Crippen molar-refractivity contribution in [3.63, 3.8) is 0 Å². The molecule has 0 bridgehead atoms. The molecule has 7 heteroatoms. The Labute approximate surface area is 162 Å². The van der Waals surface area contributed by atoms with Crippen molar-refractivity contribution >= 4 is 21.7 Å². The van der Waals surface area contributed by atoms with Crippen LogP contribution >= 0.6 is 0 Å². The number of nitrogens with two attached hydrogens (primary N) is 1. The first-order chi connectivity index (χ1) is 12.8. The minimum absolute atomic E-state index is 0.248. The van der Waals surface area contributed by atoms with Gasteiger partial charge in [0.2, 0.25) is 10.0 Å². The summed E-state index contributed by atoms with van der Waals surface area (Å²) in [5.41, 5.74) is 8.94. The van der Waals surface area contributed by atoms with Crippen LogP contribution in [0.3, 0.4) is 0 Å². The van der Waals surface area contributed by atoms with E-state index < -0.39 is 10.0 Å². The number of nitrogens with one attached hydrogen (secondary N) is 2. The maximum Gasteiger partial charge on any atom is 0.240 e. The number of sulfonamides is 1. The molecule has 146 valence electrons. The van der Waals surface area contributed by atoms with Gasteiger partial charge in [0.05, 0.1) is 11.4 Å². The van der Waals surface area contributed by atoms with Crippen molar-refractivity contribution in [3.05, 3.63) is 59.7 Å². The summed E-state index contributed by atoms with van der Waals surface area (Å²) in [6.45, 7) is 6.79. The lowest BCUT2D eigenvalue weighted by molar-refractivity contribution is 0.560. The maximum absolute atomic E-state index is 12.2. The Balaban J connectivity index is 1.98. The van der Waals surface area contributed by atoms with E-state index >= 15 is 0 Å². The Kier molecular flexibility index (Phi) is 7.38. The lowest BCUT2D eigenvalue weighted by Gasteiger charge is -2.09. The lowest BCUT2D eigenvalue weighted by atomic mass is 10.1. The van der Waals surface area contributed by atoms with Crippen molar-refractivity contribution in [2.75, 3.05) is 11.9 Å². The number of hydrogen-bond donors (Lipinski definition) is 3. The molecule has 0 saturated carbocycles. The van der Waals surface area contributed by atoms with Gasteiger partial charge < -0.3 is 11.1 Å². The van der Waals surface area contributed by atoms with E-state index in [2.05, 4.69) is 28.0 Å². The standard InChI is InChI=1S/C20H28N4O2S/c1-4-16-6-5-7-18(12-16)24-20(21)22-14-17-8-10-19(11-9-17)27(25,26)23-13-15(2)3/h5-12,15,23H,4,13-14H2,1-3H3,(H3,21,22,24). The largest absolute Gasteiger partial charge is 0.370 e. The first-order valence-corrected chi connectivity index (χ1v) is 10.5. The topological polar surface area (TPSA) is 96.6 Å². The summed E-state index contributed by atoms with van der Waals surface area (Å²) in [6.07, 6.45) is 0.952. The van der Waals surface area contributed by atoms with Crippen molar-refractivity contribution in [1.29, 1.82) is 0 Å². The molecule has 0 heterocycles. The number of aryl methyl sites for hydroxylation is 1. The van der Waals surface area contributed by atoms with E-state index in [0.717, 1.165) is 17.7 Å². The van der Waals surface area contributed by atoms with Gasteiger partial charge >= 0.3 is 0 Å². The predicted molar refractivity (Wildman–Crippen MR) is 111 cm³/mol. The number of hydrogen-bond acceptors (Lipinski definition) is 3. The minimum Gasteiger partial charge on any atom is -0.370 e. The smallest absolute Gasteiger partial charge is 0.240 e. The normalized spacial score (nSPS) is 12.4. The van der Waals surface area contributed by atoms with Gasteiger partial charge in [-0.15, -0.1) is 0 Å². The molecule has 0 aliphatic heterocycles. The van der Waals surface area contributed by atoms with Gasteiger partial charge in [-0.05, 0) is 47.7 Å². The molecule has 2 aromatic rings. The first-order valence-electron chi connectivity index (χ1n) is 9.04. The van der Waals surface area contributed by atoms with Crippen LogP contribution in [-0.2, 0) is 23.0 Å². The summed E-state index contributed by atoms with van der Waals surface area (Å²) in [4.78, 5) is 4.56. The molecule has 0 amide bonds. The fourth-order valence-electron chi connectivity index (χ4n) is 2.37. The van der Waals surface area contributed by atoms with E-state index in [0.29, 0.717) is 19.0 Å². The second-order valence-corrected chi connectivity index (χ2v) is 8.54. The molecule has 0 spiro atoms. The average molecular weight is 389 g/mol. The molecule has 0 aromatic heterocycles. The molecular formula is C20H28N4O2S. The monoisotopic (exact) mass is 388 g/mol. The molecule has 0 unspecified atom stereocenters. The van der Waals surface area contributed by atoms with Crippen LogP contribution in [-0.4, -0.2) is 20.9 Å². The summed E-state index contributed by atoms with van der Waals surface area (Å²) in [6, 6.07) is 14.7. The Morgan fingerprint density at radius 1 is 1.11 bits per heavy atom. The maximum atomic E-state index is 12.2. The highest BCUT2D eigenvalue weighted by atomic mass is 32.2. The van der Waals surface area contributed by atoms with E-state index in [1.807, 2.05) is 32.0 Å². The van der Waals surface area contributed by atoms with E-state index in [-0.39, 0.29) is 10.8 Å². The second-order valence-electron chi connectivity index (χ2n) is 6.77. The van der Waals surface area contributed by atoms with Gasteiger partial charge in [-0.3, -0.25) is 0 Å². The Morgan fingerprint density at radius 3 is 2.44 bits per heavy atom. The van der Waals surface area contributed by atoms with Crippen LogP contribution in [0.2, 0.25) is 0 Å². The summed E-state index contributed by atoms with van der Waals surface area (Å²) < 4.78 is 27.0. The van der Waals surface area contributed by atoms with E-state index in [1.54, 1.807) is 24.3 Å². The Morgan fingerprint density at radius 2 is 1.81 bits per heavy atom. The minimum atomic E-state index is -3.47. The number of benzene rings is 2.